The van der Waals surface area contributed by atoms with E-state index < -0.39 is 0 Å². The number of nitrogens with one attached hydrogen (secondary N) is 1. The Bertz CT molecular complexity index is 159. The summed E-state index contributed by atoms with van der Waals surface area (Å²) in [7, 11) is 0. The Hall–Kier alpha value is -0.220. The first-order valence-corrected chi connectivity index (χ1v) is 5.67. The highest BCUT2D eigenvalue weighted by atomic mass is 32.2. The maximum absolute atomic E-state index is 10.9. The van der Waals surface area contributed by atoms with Crippen molar-refractivity contribution in [1.82, 2.24) is 5.32 Å². The normalized spacial score (nSPS) is 19.1. The number of hydrogen-bond acceptors (Lipinski definition) is 3. The third kappa shape index (κ3) is 3.45. The first-order valence-electron chi connectivity index (χ1n) is 4.28. The van der Waals surface area contributed by atoms with Crippen molar-refractivity contribution in [3.05, 3.63) is 0 Å². The van der Waals surface area contributed by atoms with Crippen LogP contribution in [0.2, 0.25) is 0 Å². The number of carbonyl (C=O) groups is 1. The monoisotopic (exact) mass is 188 g/mol. The second-order valence-corrected chi connectivity index (χ2v) is 4.16. The maximum Gasteiger partial charge on any atom is 0.234 e. The van der Waals surface area contributed by atoms with Gasteiger partial charge >= 0.3 is 0 Å². The first kappa shape index (κ1) is 9.86. The fraction of sp³-hybridized carbons (Fsp3) is 0.875. The fourth-order valence-corrected chi connectivity index (χ4v) is 1.55. The molecular weight excluding hydrogens is 172 g/mol. The van der Waals surface area contributed by atoms with Gasteiger partial charge in [0.25, 0.3) is 0 Å². The molecule has 1 saturated carbocycles. The zero-order chi connectivity index (χ0) is 8.97. The minimum Gasteiger partial charge on any atom is -0.368 e. The molecule has 0 aromatic rings. The number of hydrogen-bond donors (Lipinski definition) is 2. The smallest absolute Gasteiger partial charge is 0.234 e. The molecule has 0 radical (unpaired) electrons. The van der Waals surface area contributed by atoms with Gasteiger partial charge in [-0.2, -0.15) is 11.8 Å². The largest absolute Gasteiger partial charge is 0.368 e. The molecule has 1 atom stereocenters. The highest BCUT2D eigenvalue weighted by Crippen LogP contribution is 2.20. The van der Waals surface area contributed by atoms with E-state index in [0.717, 1.165) is 12.2 Å². The number of rotatable bonds is 6. The van der Waals surface area contributed by atoms with Crippen LogP contribution in [0.15, 0.2) is 0 Å². The molecular formula is C8H16N2OS. The Morgan fingerprint density at radius 2 is 2.42 bits per heavy atom. The second-order valence-electron chi connectivity index (χ2n) is 3.18. The van der Waals surface area contributed by atoms with Gasteiger partial charge in [0.2, 0.25) is 5.91 Å². The van der Waals surface area contributed by atoms with Gasteiger partial charge in [-0.1, -0.05) is 0 Å². The molecule has 0 spiro atoms. The topological polar surface area (TPSA) is 55.1 Å². The summed E-state index contributed by atoms with van der Waals surface area (Å²) < 4.78 is 0. The van der Waals surface area contributed by atoms with Crippen molar-refractivity contribution in [2.24, 2.45) is 5.73 Å². The van der Waals surface area contributed by atoms with Crippen molar-refractivity contribution in [2.45, 2.75) is 31.3 Å². The van der Waals surface area contributed by atoms with Crippen molar-refractivity contribution in [1.29, 1.82) is 0 Å². The molecule has 1 rings (SSSR count). The van der Waals surface area contributed by atoms with Gasteiger partial charge in [0.05, 0.1) is 6.04 Å². The van der Waals surface area contributed by atoms with Crippen molar-refractivity contribution < 1.29 is 4.79 Å². The van der Waals surface area contributed by atoms with Gasteiger partial charge in [-0.25, -0.2) is 0 Å². The van der Waals surface area contributed by atoms with Crippen molar-refractivity contribution in [2.75, 3.05) is 12.0 Å². The van der Waals surface area contributed by atoms with Crippen molar-refractivity contribution in [3.8, 4) is 0 Å². The van der Waals surface area contributed by atoms with Crippen molar-refractivity contribution in [3.63, 3.8) is 0 Å². The van der Waals surface area contributed by atoms with Crippen LogP contribution < -0.4 is 11.1 Å². The van der Waals surface area contributed by atoms with Crippen LogP contribution in [0.5, 0.6) is 0 Å². The predicted molar refractivity (Wildman–Crippen MR) is 52.1 cm³/mol. The third-order valence-corrected chi connectivity index (χ3v) is 2.61. The molecule has 70 valence electrons. The molecule has 1 fully saturated rings. The first-order chi connectivity index (χ1) is 5.74. The Morgan fingerprint density at radius 3 is 2.83 bits per heavy atom. The zero-order valence-electron chi connectivity index (χ0n) is 7.38. The number of thioether (sulfide) groups is 1. The Kier molecular flexibility index (Phi) is 3.88. The lowest BCUT2D eigenvalue weighted by molar-refractivity contribution is -0.120. The Labute approximate surface area is 77.5 Å². The van der Waals surface area contributed by atoms with E-state index in [-0.39, 0.29) is 11.9 Å². The molecule has 1 amide bonds. The molecule has 0 saturated heterocycles. The molecule has 0 heterocycles. The number of primary amides is 1. The molecule has 1 aliphatic carbocycles. The lowest BCUT2D eigenvalue weighted by atomic mass is 10.2. The SMILES string of the molecule is CSCCC(NC1CC1)C(N)=O. The summed E-state index contributed by atoms with van der Waals surface area (Å²) in [5.74, 6) is 0.781. The van der Waals surface area contributed by atoms with Crippen LogP contribution in [0.3, 0.4) is 0 Å². The fourth-order valence-electron chi connectivity index (χ4n) is 1.08. The highest BCUT2D eigenvalue weighted by Gasteiger charge is 2.26. The van der Waals surface area contributed by atoms with E-state index in [4.69, 9.17) is 5.73 Å². The van der Waals surface area contributed by atoms with E-state index in [0.29, 0.717) is 6.04 Å². The average molecular weight is 188 g/mol. The molecule has 1 unspecified atom stereocenters. The highest BCUT2D eigenvalue weighted by molar-refractivity contribution is 7.98. The predicted octanol–water partition coefficient (Wildman–Crippen LogP) is 0.345. The van der Waals surface area contributed by atoms with E-state index >= 15 is 0 Å². The molecule has 12 heavy (non-hydrogen) atoms. The molecule has 3 N–H and O–H groups in total. The van der Waals surface area contributed by atoms with Crippen LogP contribution in [0.1, 0.15) is 19.3 Å². The van der Waals surface area contributed by atoms with Crippen LogP contribution in [0.4, 0.5) is 0 Å². The van der Waals surface area contributed by atoms with Gasteiger partial charge in [-0.3, -0.25) is 4.79 Å². The van der Waals surface area contributed by atoms with Crippen LogP contribution in [-0.2, 0) is 4.79 Å². The zero-order valence-corrected chi connectivity index (χ0v) is 8.19. The van der Waals surface area contributed by atoms with Gasteiger partial charge in [0.1, 0.15) is 0 Å². The van der Waals surface area contributed by atoms with Gasteiger partial charge in [-0.05, 0) is 31.3 Å². The second kappa shape index (κ2) is 4.72. The van der Waals surface area contributed by atoms with Gasteiger partial charge < -0.3 is 11.1 Å². The summed E-state index contributed by atoms with van der Waals surface area (Å²) in [6.45, 7) is 0. The van der Waals surface area contributed by atoms with Crippen LogP contribution >= 0.6 is 11.8 Å². The lowest BCUT2D eigenvalue weighted by Gasteiger charge is -2.13. The lowest BCUT2D eigenvalue weighted by Crippen LogP contribution is -2.42. The molecule has 0 bridgehead atoms. The Morgan fingerprint density at radius 1 is 1.75 bits per heavy atom. The van der Waals surface area contributed by atoms with Gasteiger partial charge in [-0.15, -0.1) is 0 Å². The maximum atomic E-state index is 10.9. The van der Waals surface area contributed by atoms with Crippen LogP contribution in [0.25, 0.3) is 0 Å². The minimum atomic E-state index is -0.212. The van der Waals surface area contributed by atoms with E-state index in [1.54, 1.807) is 11.8 Å². The molecule has 1 aliphatic rings. The quantitative estimate of drug-likeness (QED) is 0.632. The van der Waals surface area contributed by atoms with Crippen molar-refractivity contribution >= 4 is 17.7 Å². The standard InChI is InChI=1S/C8H16N2OS/c1-12-5-4-7(8(9)11)10-6-2-3-6/h6-7,10H,2-5H2,1H3,(H2,9,11). The molecule has 3 nitrogen and oxygen atoms in total. The summed E-state index contributed by atoms with van der Waals surface area (Å²) >= 11 is 1.75. The van der Waals surface area contributed by atoms with E-state index in [1.807, 2.05) is 6.26 Å². The molecule has 0 aromatic heterocycles. The summed E-state index contributed by atoms with van der Waals surface area (Å²) in [4.78, 5) is 10.9. The summed E-state index contributed by atoms with van der Waals surface area (Å²) in [6.07, 6.45) is 5.29. The third-order valence-electron chi connectivity index (χ3n) is 1.97. The molecule has 0 aromatic carbocycles. The summed E-state index contributed by atoms with van der Waals surface area (Å²) in [5, 5.41) is 3.24. The Balaban J connectivity index is 2.21. The van der Waals surface area contributed by atoms with Crippen LogP contribution in [-0.4, -0.2) is 30.0 Å². The van der Waals surface area contributed by atoms with Crippen LogP contribution in [0, 0.1) is 0 Å². The minimum absolute atomic E-state index is 0.107. The summed E-state index contributed by atoms with van der Waals surface area (Å²) in [5.41, 5.74) is 5.24. The van der Waals surface area contributed by atoms with Gasteiger partial charge in [0, 0.05) is 6.04 Å². The number of amides is 1. The van der Waals surface area contributed by atoms with E-state index in [1.165, 1.54) is 12.8 Å². The molecule has 4 heteroatoms. The number of nitrogens with two attached hydrogens (primary N) is 1. The van der Waals surface area contributed by atoms with E-state index in [2.05, 4.69) is 5.32 Å². The average Bonchev–Trinajstić information content (AvgIpc) is 2.80. The number of carbonyl (C=O) groups excluding carboxylic acids is 1. The van der Waals surface area contributed by atoms with E-state index in [9.17, 15) is 4.79 Å². The molecule has 0 aliphatic heterocycles. The van der Waals surface area contributed by atoms with Gasteiger partial charge in [0.15, 0.2) is 0 Å². The summed E-state index contributed by atoms with van der Waals surface area (Å²) in [6, 6.07) is 0.453.